The minimum absolute atomic E-state index is 0. The van der Waals surface area contributed by atoms with Gasteiger partial charge in [0.1, 0.15) is 10.1 Å². The molecule has 0 aliphatic rings. The molecule has 0 saturated carbocycles. The number of anilines is 4. The molecular formula is C12H12LiN3O3S. The van der Waals surface area contributed by atoms with Crippen LogP contribution in [0.5, 0.6) is 0 Å². The summed E-state index contributed by atoms with van der Waals surface area (Å²) in [5, 5.41) is 2.84. The minimum Gasteiger partial charge on any atom is -0.744 e. The molecule has 2 rings (SSSR count). The second kappa shape index (κ2) is 6.20. The van der Waals surface area contributed by atoms with Crippen molar-refractivity contribution in [2.45, 2.75) is 4.90 Å². The molecule has 5 N–H and O–H groups in total. The molecule has 0 aliphatic heterocycles. The number of nitrogens with one attached hydrogen (secondary N) is 1. The van der Waals surface area contributed by atoms with Crippen molar-refractivity contribution < 1.29 is 31.8 Å². The summed E-state index contributed by atoms with van der Waals surface area (Å²) in [5.74, 6) is 0. The van der Waals surface area contributed by atoms with Crippen molar-refractivity contribution in [2.24, 2.45) is 0 Å². The Labute approximate surface area is 129 Å². The fourth-order valence-corrected chi connectivity index (χ4v) is 2.24. The standard InChI is InChI=1S/C12H13N3O3S.Li/c13-8-1-4-10(5-2-8)15-11-6-3-9(14)7-12(11)19(16,17)18;/h1-7,15H,13-14H2,(H,16,17,18);/q;+1/p-1. The van der Waals surface area contributed by atoms with E-state index in [1.165, 1.54) is 12.1 Å². The van der Waals surface area contributed by atoms with E-state index in [0.717, 1.165) is 6.07 Å². The van der Waals surface area contributed by atoms with E-state index in [0.29, 0.717) is 11.4 Å². The molecule has 20 heavy (non-hydrogen) atoms. The van der Waals surface area contributed by atoms with Crippen LogP contribution in [0.25, 0.3) is 0 Å². The zero-order valence-corrected chi connectivity index (χ0v) is 11.6. The van der Waals surface area contributed by atoms with Crippen LogP contribution in [0.15, 0.2) is 47.4 Å². The van der Waals surface area contributed by atoms with E-state index in [-0.39, 0.29) is 35.1 Å². The van der Waals surface area contributed by atoms with Gasteiger partial charge >= 0.3 is 18.9 Å². The Morgan fingerprint density at radius 2 is 1.50 bits per heavy atom. The summed E-state index contributed by atoms with van der Waals surface area (Å²) >= 11 is 0. The molecule has 0 aliphatic carbocycles. The Morgan fingerprint density at radius 1 is 0.950 bits per heavy atom. The van der Waals surface area contributed by atoms with E-state index >= 15 is 0 Å². The van der Waals surface area contributed by atoms with Crippen molar-refractivity contribution in [1.29, 1.82) is 0 Å². The molecule has 2 aromatic carbocycles. The summed E-state index contributed by atoms with van der Waals surface area (Å²) in [6, 6.07) is 10.7. The van der Waals surface area contributed by atoms with E-state index in [9.17, 15) is 13.0 Å². The zero-order valence-electron chi connectivity index (χ0n) is 10.8. The predicted molar refractivity (Wildman–Crippen MR) is 73.0 cm³/mol. The summed E-state index contributed by atoms with van der Waals surface area (Å²) in [5.41, 5.74) is 12.6. The molecule has 0 spiro atoms. The van der Waals surface area contributed by atoms with Crippen molar-refractivity contribution in [3.05, 3.63) is 42.5 Å². The quantitative estimate of drug-likeness (QED) is 0.358. The van der Waals surface area contributed by atoms with Crippen LogP contribution in [-0.4, -0.2) is 13.0 Å². The third-order valence-corrected chi connectivity index (χ3v) is 3.34. The van der Waals surface area contributed by atoms with Crippen LogP contribution in [0.3, 0.4) is 0 Å². The van der Waals surface area contributed by atoms with Gasteiger partial charge in [0.15, 0.2) is 0 Å². The van der Waals surface area contributed by atoms with E-state index in [1.54, 1.807) is 24.3 Å². The topological polar surface area (TPSA) is 121 Å². The molecule has 8 heteroatoms. The molecule has 0 atom stereocenters. The Morgan fingerprint density at radius 3 is 2.05 bits per heavy atom. The molecule has 0 unspecified atom stereocenters. The smallest absolute Gasteiger partial charge is 0.744 e. The summed E-state index contributed by atoms with van der Waals surface area (Å²) < 4.78 is 33.5. The van der Waals surface area contributed by atoms with Gasteiger partial charge in [-0.05, 0) is 42.5 Å². The Hall–Kier alpha value is -1.65. The number of hydrogen-bond acceptors (Lipinski definition) is 6. The maximum Gasteiger partial charge on any atom is 1.00 e. The first kappa shape index (κ1) is 16.4. The monoisotopic (exact) mass is 285 g/mol. The number of benzene rings is 2. The van der Waals surface area contributed by atoms with Gasteiger partial charge in [-0.2, -0.15) is 0 Å². The number of nitrogens with two attached hydrogens (primary N) is 2. The second-order valence-electron chi connectivity index (χ2n) is 3.96. The van der Waals surface area contributed by atoms with Gasteiger partial charge in [-0.25, -0.2) is 8.42 Å². The van der Waals surface area contributed by atoms with E-state index in [2.05, 4.69) is 5.32 Å². The molecule has 0 heterocycles. The number of hydrogen-bond donors (Lipinski definition) is 3. The molecule has 0 fully saturated rings. The van der Waals surface area contributed by atoms with Crippen LogP contribution in [-0.2, 0) is 10.1 Å². The summed E-state index contributed by atoms with van der Waals surface area (Å²) in [6.07, 6.45) is 0. The summed E-state index contributed by atoms with van der Waals surface area (Å²) in [7, 11) is -4.60. The molecule has 6 nitrogen and oxygen atoms in total. The van der Waals surface area contributed by atoms with Crippen LogP contribution < -0.4 is 35.6 Å². The van der Waals surface area contributed by atoms with Crippen molar-refractivity contribution in [3.8, 4) is 0 Å². The largest absolute Gasteiger partial charge is 1.00 e. The molecule has 2 aromatic rings. The Kier molecular flexibility index (Phi) is 5.08. The van der Waals surface area contributed by atoms with Gasteiger partial charge < -0.3 is 21.3 Å². The third-order valence-electron chi connectivity index (χ3n) is 2.46. The first-order valence-electron chi connectivity index (χ1n) is 5.34. The van der Waals surface area contributed by atoms with Gasteiger partial charge in [-0.1, -0.05) is 0 Å². The van der Waals surface area contributed by atoms with Gasteiger partial charge in [0, 0.05) is 17.1 Å². The van der Waals surface area contributed by atoms with E-state index in [1.807, 2.05) is 0 Å². The van der Waals surface area contributed by atoms with Crippen LogP contribution in [0.1, 0.15) is 0 Å². The SMILES string of the molecule is Nc1ccc(Nc2ccc(N)cc2S(=O)(=O)[O-])cc1.[Li+]. The molecule has 0 aromatic heterocycles. The van der Waals surface area contributed by atoms with E-state index in [4.69, 9.17) is 11.5 Å². The molecule has 0 bridgehead atoms. The average Bonchev–Trinajstić information content (AvgIpc) is 2.33. The van der Waals surface area contributed by atoms with Gasteiger partial charge in [0.2, 0.25) is 0 Å². The maximum atomic E-state index is 11.2. The number of nitrogen functional groups attached to an aromatic ring is 2. The van der Waals surface area contributed by atoms with Gasteiger partial charge in [0.05, 0.1) is 10.6 Å². The summed E-state index contributed by atoms with van der Waals surface area (Å²) in [6.45, 7) is 0. The van der Waals surface area contributed by atoms with Crippen molar-refractivity contribution >= 4 is 32.9 Å². The fourth-order valence-electron chi connectivity index (χ4n) is 1.57. The van der Waals surface area contributed by atoms with Crippen LogP contribution in [0.4, 0.5) is 22.7 Å². The Bertz CT molecular complexity index is 702. The summed E-state index contributed by atoms with van der Waals surface area (Å²) in [4.78, 5) is -0.385. The second-order valence-corrected chi connectivity index (χ2v) is 5.30. The van der Waals surface area contributed by atoms with E-state index < -0.39 is 10.1 Å². The average molecular weight is 285 g/mol. The number of rotatable bonds is 3. The molecule has 0 radical (unpaired) electrons. The van der Waals surface area contributed by atoms with Gasteiger partial charge in [0.25, 0.3) is 0 Å². The van der Waals surface area contributed by atoms with Crippen LogP contribution in [0.2, 0.25) is 0 Å². The first-order chi connectivity index (χ1) is 8.86. The normalized spacial score (nSPS) is 10.7. The van der Waals surface area contributed by atoms with Crippen molar-refractivity contribution in [2.75, 3.05) is 16.8 Å². The zero-order chi connectivity index (χ0) is 14.0. The molecule has 0 saturated heterocycles. The predicted octanol–water partition coefficient (Wildman–Crippen LogP) is -1.50. The third kappa shape index (κ3) is 3.92. The Balaban J connectivity index is 0.00000200. The molecule has 0 amide bonds. The van der Waals surface area contributed by atoms with Crippen molar-refractivity contribution in [1.82, 2.24) is 0 Å². The fraction of sp³-hybridized carbons (Fsp3) is 0. The minimum atomic E-state index is -4.60. The first-order valence-corrected chi connectivity index (χ1v) is 6.75. The van der Waals surface area contributed by atoms with Crippen molar-refractivity contribution in [3.63, 3.8) is 0 Å². The van der Waals surface area contributed by atoms with Gasteiger partial charge in [-0.3, -0.25) is 0 Å². The maximum absolute atomic E-state index is 11.2. The molecular weight excluding hydrogens is 273 g/mol. The van der Waals surface area contributed by atoms with Crippen LogP contribution >= 0.6 is 0 Å². The van der Waals surface area contributed by atoms with Gasteiger partial charge in [-0.15, -0.1) is 0 Å². The molecule has 100 valence electrons. The van der Waals surface area contributed by atoms with Crippen LogP contribution in [0, 0.1) is 0 Å².